The van der Waals surface area contributed by atoms with E-state index in [0.29, 0.717) is 12.1 Å². The molecule has 0 amide bonds. The number of nitrogens with zero attached hydrogens (tertiary/aromatic N) is 1. The van der Waals surface area contributed by atoms with Gasteiger partial charge in [0.1, 0.15) is 0 Å². The minimum atomic E-state index is 0.362. The van der Waals surface area contributed by atoms with Gasteiger partial charge in [-0.25, -0.2) is 5.01 Å². The van der Waals surface area contributed by atoms with Crippen molar-refractivity contribution in [2.24, 2.45) is 5.84 Å². The molecule has 0 bridgehead atoms. The van der Waals surface area contributed by atoms with Gasteiger partial charge >= 0.3 is 0 Å². The topological polar surface area (TPSA) is 29.3 Å². The average Bonchev–Trinajstić information content (AvgIpc) is 2.60. The van der Waals surface area contributed by atoms with Gasteiger partial charge in [-0.05, 0) is 60.8 Å². The fourth-order valence-corrected chi connectivity index (χ4v) is 4.29. The molecule has 2 N–H and O–H groups in total. The summed E-state index contributed by atoms with van der Waals surface area (Å²) >= 11 is 0. The van der Waals surface area contributed by atoms with Crippen LogP contribution in [0.5, 0.6) is 0 Å². The van der Waals surface area contributed by atoms with Gasteiger partial charge < -0.3 is 0 Å². The van der Waals surface area contributed by atoms with E-state index in [1.807, 2.05) is 0 Å². The van der Waals surface area contributed by atoms with Crippen molar-refractivity contribution >= 4 is 0 Å². The van der Waals surface area contributed by atoms with E-state index in [1.165, 1.54) is 60.8 Å². The molecule has 0 radical (unpaired) electrons. The molecule has 2 atom stereocenters. The smallest absolute Gasteiger partial charge is 0.0500 e. The van der Waals surface area contributed by atoms with Crippen LogP contribution in [0.2, 0.25) is 0 Å². The summed E-state index contributed by atoms with van der Waals surface area (Å²) in [5, 5.41) is 2.16. The fourth-order valence-electron chi connectivity index (χ4n) is 4.29. The molecule has 2 heteroatoms. The fraction of sp³-hybridized carbons (Fsp3) is 0.400. The minimum Gasteiger partial charge on any atom is -0.268 e. The maximum Gasteiger partial charge on any atom is 0.0500 e. The number of nitrogens with two attached hydrogens (primary N) is 1. The van der Waals surface area contributed by atoms with E-state index < -0.39 is 0 Å². The van der Waals surface area contributed by atoms with Crippen LogP contribution >= 0.6 is 0 Å². The monoisotopic (exact) mass is 292 g/mol. The highest BCUT2D eigenvalue weighted by atomic mass is 15.4. The van der Waals surface area contributed by atoms with E-state index in [0.717, 1.165) is 0 Å². The van der Waals surface area contributed by atoms with Crippen LogP contribution in [0.15, 0.2) is 48.5 Å². The van der Waals surface area contributed by atoms with Gasteiger partial charge in [0.05, 0.1) is 0 Å². The van der Waals surface area contributed by atoms with Gasteiger partial charge in [0.15, 0.2) is 0 Å². The Morgan fingerprint density at radius 1 is 0.727 bits per heavy atom. The number of benzene rings is 2. The zero-order valence-corrected chi connectivity index (χ0v) is 13.0. The molecule has 2 unspecified atom stereocenters. The van der Waals surface area contributed by atoms with Crippen LogP contribution in [-0.4, -0.2) is 5.01 Å². The summed E-state index contributed by atoms with van der Waals surface area (Å²) in [5.74, 6) is 6.69. The summed E-state index contributed by atoms with van der Waals surface area (Å²) in [4.78, 5) is 0. The zero-order valence-electron chi connectivity index (χ0n) is 13.0. The number of hydrazine groups is 1. The Bertz CT molecular complexity index is 607. The first-order chi connectivity index (χ1) is 10.8. The molecular formula is C20H24N2. The van der Waals surface area contributed by atoms with Crippen LogP contribution in [0.3, 0.4) is 0 Å². The highest BCUT2D eigenvalue weighted by Gasteiger charge is 2.31. The maximum atomic E-state index is 6.69. The van der Waals surface area contributed by atoms with Crippen molar-refractivity contribution in [2.45, 2.75) is 50.6 Å². The first-order valence-corrected chi connectivity index (χ1v) is 8.53. The predicted octanol–water partition coefficient (Wildman–Crippen LogP) is 4.32. The van der Waals surface area contributed by atoms with Gasteiger partial charge in [0.25, 0.3) is 0 Å². The van der Waals surface area contributed by atoms with Crippen LogP contribution in [0.1, 0.15) is 60.0 Å². The highest BCUT2D eigenvalue weighted by molar-refractivity contribution is 5.35. The van der Waals surface area contributed by atoms with Crippen LogP contribution in [0, 0.1) is 0 Å². The number of hydrogen-bond donors (Lipinski definition) is 1. The number of aryl methyl sites for hydroxylation is 2. The van der Waals surface area contributed by atoms with Crippen LogP contribution < -0.4 is 5.84 Å². The standard InChI is InChI=1S/C20H24N2/c21-22(19-13-5-9-15-7-1-3-11-17(15)19)20-14-6-10-16-8-2-4-12-18(16)20/h1-4,7-8,11-12,19-20H,5-6,9-10,13-14,21H2. The van der Waals surface area contributed by atoms with Gasteiger partial charge in [-0.2, -0.15) is 0 Å². The molecule has 0 saturated heterocycles. The molecule has 0 spiro atoms. The van der Waals surface area contributed by atoms with Crippen LogP contribution in [-0.2, 0) is 12.8 Å². The Morgan fingerprint density at radius 3 is 1.68 bits per heavy atom. The molecule has 2 aliphatic rings. The Hall–Kier alpha value is -1.64. The predicted molar refractivity (Wildman–Crippen MR) is 90.3 cm³/mol. The van der Waals surface area contributed by atoms with Gasteiger partial charge in [0, 0.05) is 12.1 Å². The molecule has 2 aromatic rings. The zero-order chi connectivity index (χ0) is 14.9. The van der Waals surface area contributed by atoms with E-state index in [1.54, 1.807) is 0 Å². The normalized spacial score (nSPS) is 23.9. The SMILES string of the molecule is NN(C1CCCc2ccccc21)C1CCCc2ccccc21. The van der Waals surface area contributed by atoms with Gasteiger partial charge in [-0.1, -0.05) is 48.5 Å². The molecule has 0 saturated carbocycles. The van der Waals surface area contributed by atoms with E-state index in [2.05, 4.69) is 53.5 Å². The minimum absolute atomic E-state index is 0.362. The summed E-state index contributed by atoms with van der Waals surface area (Å²) in [6, 6.07) is 18.4. The van der Waals surface area contributed by atoms with Crippen molar-refractivity contribution < 1.29 is 0 Å². The molecule has 22 heavy (non-hydrogen) atoms. The molecule has 2 aromatic carbocycles. The molecule has 0 aromatic heterocycles. The Morgan fingerprint density at radius 2 is 1.18 bits per heavy atom. The maximum absolute atomic E-state index is 6.69. The van der Waals surface area contributed by atoms with Crippen molar-refractivity contribution in [3.63, 3.8) is 0 Å². The third-order valence-electron chi connectivity index (χ3n) is 5.40. The summed E-state index contributed by atoms with van der Waals surface area (Å²) in [5.41, 5.74) is 5.86. The number of fused-ring (bicyclic) bond motifs is 2. The summed E-state index contributed by atoms with van der Waals surface area (Å²) in [6.45, 7) is 0. The van der Waals surface area contributed by atoms with Crippen molar-refractivity contribution in [1.29, 1.82) is 0 Å². The lowest BCUT2D eigenvalue weighted by molar-refractivity contribution is 0.108. The molecule has 114 valence electrons. The Balaban J connectivity index is 1.68. The molecule has 0 fully saturated rings. The number of hydrogen-bond acceptors (Lipinski definition) is 2. The lowest BCUT2D eigenvalue weighted by atomic mass is 9.83. The van der Waals surface area contributed by atoms with Crippen molar-refractivity contribution in [3.8, 4) is 0 Å². The first kappa shape index (κ1) is 14.0. The molecule has 2 nitrogen and oxygen atoms in total. The summed E-state index contributed by atoms with van der Waals surface area (Å²) in [7, 11) is 0. The lowest BCUT2D eigenvalue weighted by Crippen LogP contribution is -2.41. The summed E-state index contributed by atoms with van der Waals surface area (Å²) < 4.78 is 0. The Kier molecular flexibility index (Phi) is 3.73. The van der Waals surface area contributed by atoms with Crippen molar-refractivity contribution in [3.05, 3.63) is 70.8 Å². The Labute approximate surface area is 132 Å². The van der Waals surface area contributed by atoms with E-state index >= 15 is 0 Å². The van der Waals surface area contributed by atoms with Crippen LogP contribution in [0.25, 0.3) is 0 Å². The molecule has 4 rings (SSSR count). The quantitative estimate of drug-likeness (QED) is 0.660. The highest BCUT2D eigenvalue weighted by Crippen LogP contribution is 2.40. The van der Waals surface area contributed by atoms with Gasteiger partial charge in [0.2, 0.25) is 0 Å². The van der Waals surface area contributed by atoms with Crippen LogP contribution in [0.4, 0.5) is 0 Å². The van der Waals surface area contributed by atoms with E-state index in [9.17, 15) is 0 Å². The second kappa shape index (κ2) is 5.86. The van der Waals surface area contributed by atoms with Gasteiger partial charge in [-0.15, -0.1) is 0 Å². The van der Waals surface area contributed by atoms with Crippen molar-refractivity contribution in [2.75, 3.05) is 0 Å². The first-order valence-electron chi connectivity index (χ1n) is 8.53. The molecule has 0 aliphatic heterocycles. The molecular weight excluding hydrogens is 268 g/mol. The average molecular weight is 292 g/mol. The van der Waals surface area contributed by atoms with E-state index in [4.69, 9.17) is 5.84 Å². The third-order valence-corrected chi connectivity index (χ3v) is 5.40. The molecule has 2 aliphatic carbocycles. The number of rotatable bonds is 2. The van der Waals surface area contributed by atoms with E-state index in [-0.39, 0.29) is 0 Å². The third kappa shape index (κ3) is 2.37. The lowest BCUT2D eigenvalue weighted by Gasteiger charge is -2.40. The summed E-state index contributed by atoms with van der Waals surface area (Å²) in [6.07, 6.45) is 7.22. The van der Waals surface area contributed by atoms with Gasteiger partial charge in [-0.3, -0.25) is 5.84 Å². The largest absolute Gasteiger partial charge is 0.268 e. The van der Waals surface area contributed by atoms with Crippen molar-refractivity contribution in [1.82, 2.24) is 5.01 Å². The molecule has 0 heterocycles. The second-order valence-electron chi connectivity index (χ2n) is 6.66. The second-order valence-corrected chi connectivity index (χ2v) is 6.66.